The fraction of sp³-hybridized carbons (Fsp3) is 0.500. The number of guanidine groups is 1. The van der Waals surface area contributed by atoms with Crippen molar-refractivity contribution < 1.29 is 4.74 Å². The molecule has 0 aromatic heterocycles. The molecule has 1 aliphatic heterocycles. The summed E-state index contributed by atoms with van der Waals surface area (Å²) >= 11 is 6.19. The SMILES string of the molecule is C=CCNC(=NCC(c1cccc(Cl)c1)N1CCOCC1)NCC.I. The molecule has 5 nitrogen and oxygen atoms in total. The first-order valence-corrected chi connectivity index (χ1v) is 8.82. The summed E-state index contributed by atoms with van der Waals surface area (Å²) in [6, 6.07) is 8.23. The van der Waals surface area contributed by atoms with E-state index >= 15 is 0 Å². The number of nitrogens with one attached hydrogen (secondary N) is 2. The van der Waals surface area contributed by atoms with Crippen LogP contribution < -0.4 is 10.6 Å². The van der Waals surface area contributed by atoms with Crippen LogP contribution in [0.25, 0.3) is 0 Å². The summed E-state index contributed by atoms with van der Waals surface area (Å²) in [6.07, 6.45) is 1.82. The lowest BCUT2D eigenvalue weighted by Crippen LogP contribution is -2.41. The van der Waals surface area contributed by atoms with Gasteiger partial charge in [0.25, 0.3) is 0 Å². The zero-order valence-electron chi connectivity index (χ0n) is 14.7. The molecule has 140 valence electrons. The van der Waals surface area contributed by atoms with Gasteiger partial charge in [0.05, 0.1) is 25.8 Å². The third-order valence-electron chi connectivity index (χ3n) is 3.90. The maximum Gasteiger partial charge on any atom is 0.191 e. The smallest absolute Gasteiger partial charge is 0.191 e. The Labute approximate surface area is 172 Å². The second-order valence-electron chi connectivity index (χ2n) is 5.61. The Bertz CT molecular complexity index is 550. The van der Waals surface area contributed by atoms with Gasteiger partial charge in [-0.1, -0.05) is 29.8 Å². The Morgan fingerprint density at radius 3 is 2.80 bits per heavy atom. The molecular weight excluding hydrogens is 451 g/mol. The second-order valence-corrected chi connectivity index (χ2v) is 6.04. The lowest BCUT2D eigenvalue weighted by atomic mass is 10.0. The highest BCUT2D eigenvalue weighted by Gasteiger charge is 2.22. The maximum absolute atomic E-state index is 6.19. The Kier molecular flexibility index (Phi) is 11.1. The van der Waals surface area contributed by atoms with Crippen LogP contribution in [0.15, 0.2) is 41.9 Å². The van der Waals surface area contributed by atoms with E-state index in [2.05, 4.69) is 35.1 Å². The molecule has 25 heavy (non-hydrogen) atoms. The third kappa shape index (κ3) is 7.52. The molecule has 7 heteroatoms. The van der Waals surface area contributed by atoms with Gasteiger partial charge in [-0.2, -0.15) is 0 Å². The van der Waals surface area contributed by atoms with Crippen molar-refractivity contribution in [2.75, 3.05) is 45.9 Å². The fourth-order valence-corrected chi connectivity index (χ4v) is 2.92. The average Bonchev–Trinajstić information content (AvgIpc) is 2.61. The molecule has 1 aliphatic rings. The molecule has 1 heterocycles. The van der Waals surface area contributed by atoms with Gasteiger partial charge in [-0.25, -0.2) is 0 Å². The summed E-state index contributed by atoms with van der Waals surface area (Å²) in [6.45, 7) is 11.3. The van der Waals surface area contributed by atoms with E-state index < -0.39 is 0 Å². The summed E-state index contributed by atoms with van der Waals surface area (Å²) in [5.41, 5.74) is 1.19. The van der Waals surface area contributed by atoms with Crippen molar-refractivity contribution in [2.45, 2.75) is 13.0 Å². The number of rotatable bonds is 7. The van der Waals surface area contributed by atoms with Crippen LogP contribution in [0.3, 0.4) is 0 Å². The average molecular weight is 479 g/mol. The van der Waals surface area contributed by atoms with Crippen LogP contribution in [0.4, 0.5) is 0 Å². The molecule has 0 bridgehead atoms. The highest BCUT2D eigenvalue weighted by Crippen LogP contribution is 2.24. The van der Waals surface area contributed by atoms with Gasteiger partial charge in [0.1, 0.15) is 0 Å². The minimum atomic E-state index is 0. The zero-order chi connectivity index (χ0) is 17.2. The molecule has 2 rings (SSSR count). The van der Waals surface area contributed by atoms with Crippen LogP contribution in [0.5, 0.6) is 0 Å². The zero-order valence-corrected chi connectivity index (χ0v) is 17.8. The fourth-order valence-electron chi connectivity index (χ4n) is 2.72. The van der Waals surface area contributed by atoms with E-state index in [-0.39, 0.29) is 30.0 Å². The number of nitrogens with zero attached hydrogens (tertiary/aromatic N) is 2. The maximum atomic E-state index is 6.19. The highest BCUT2D eigenvalue weighted by molar-refractivity contribution is 14.0. The monoisotopic (exact) mass is 478 g/mol. The predicted octanol–water partition coefficient (Wildman–Crippen LogP) is 3.07. The topological polar surface area (TPSA) is 48.9 Å². The number of ether oxygens (including phenoxy) is 1. The Balaban J connectivity index is 0.00000312. The van der Waals surface area contributed by atoms with Crippen LogP contribution in [-0.4, -0.2) is 56.8 Å². The summed E-state index contributed by atoms with van der Waals surface area (Å²) in [4.78, 5) is 7.17. The second kappa shape index (κ2) is 12.5. The molecule has 1 unspecified atom stereocenters. The quantitative estimate of drug-likeness (QED) is 0.274. The summed E-state index contributed by atoms with van der Waals surface area (Å²) < 4.78 is 5.49. The van der Waals surface area contributed by atoms with Gasteiger partial charge in [-0.05, 0) is 24.6 Å². The van der Waals surface area contributed by atoms with E-state index in [4.69, 9.17) is 21.3 Å². The van der Waals surface area contributed by atoms with Gasteiger partial charge >= 0.3 is 0 Å². The van der Waals surface area contributed by atoms with Crippen molar-refractivity contribution in [1.82, 2.24) is 15.5 Å². The molecule has 2 N–H and O–H groups in total. The molecule has 1 fully saturated rings. The molecule has 1 atom stereocenters. The highest BCUT2D eigenvalue weighted by atomic mass is 127. The molecule has 0 aliphatic carbocycles. The van der Waals surface area contributed by atoms with Crippen molar-refractivity contribution in [1.29, 1.82) is 0 Å². The van der Waals surface area contributed by atoms with E-state index in [0.717, 1.165) is 43.8 Å². The summed E-state index contributed by atoms with van der Waals surface area (Å²) in [7, 11) is 0. The number of hydrogen-bond donors (Lipinski definition) is 2. The summed E-state index contributed by atoms with van der Waals surface area (Å²) in [5, 5.41) is 7.26. The molecule has 0 amide bonds. The Morgan fingerprint density at radius 1 is 1.40 bits per heavy atom. The Morgan fingerprint density at radius 2 is 2.16 bits per heavy atom. The minimum Gasteiger partial charge on any atom is -0.379 e. The third-order valence-corrected chi connectivity index (χ3v) is 4.14. The van der Waals surface area contributed by atoms with Crippen LogP contribution in [0.1, 0.15) is 18.5 Å². The summed E-state index contributed by atoms with van der Waals surface area (Å²) in [5.74, 6) is 0.803. The number of morpholine rings is 1. The lowest BCUT2D eigenvalue weighted by Gasteiger charge is -2.34. The number of benzene rings is 1. The van der Waals surface area contributed by atoms with Gasteiger partial charge in [0.2, 0.25) is 0 Å². The van der Waals surface area contributed by atoms with Gasteiger partial charge in [-0.15, -0.1) is 30.6 Å². The first kappa shape index (κ1) is 22.2. The van der Waals surface area contributed by atoms with Gasteiger partial charge < -0.3 is 15.4 Å². The predicted molar refractivity (Wildman–Crippen MR) is 116 cm³/mol. The molecule has 1 aromatic rings. The van der Waals surface area contributed by atoms with E-state index in [0.29, 0.717) is 13.1 Å². The van der Waals surface area contributed by atoms with Crippen molar-refractivity contribution in [2.24, 2.45) is 4.99 Å². The van der Waals surface area contributed by atoms with Gasteiger partial charge in [0, 0.05) is 31.2 Å². The number of halogens is 2. The Hall–Kier alpha value is -0.830. The standard InChI is InChI=1S/C18H27ClN4O.HI/c1-3-8-21-18(20-4-2)22-14-17(23-9-11-24-12-10-23)15-6-5-7-16(19)13-15;/h3,5-7,13,17H,1,4,8-12,14H2,2H3,(H2,20,21,22);1H. The van der Waals surface area contributed by atoms with Crippen LogP contribution >= 0.6 is 35.6 Å². The van der Waals surface area contributed by atoms with Crippen molar-refractivity contribution >= 4 is 41.5 Å². The van der Waals surface area contributed by atoms with Crippen LogP contribution in [0, 0.1) is 0 Å². The largest absolute Gasteiger partial charge is 0.379 e. The van der Waals surface area contributed by atoms with E-state index in [9.17, 15) is 0 Å². The van der Waals surface area contributed by atoms with E-state index in [1.807, 2.05) is 24.3 Å². The van der Waals surface area contributed by atoms with Crippen molar-refractivity contribution in [3.63, 3.8) is 0 Å². The van der Waals surface area contributed by atoms with Crippen molar-refractivity contribution in [3.8, 4) is 0 Å². The first-order chi connectivity index (χ1) is 11.7. The van der Waals surface area contributed by atoms with Crippen LogP contribution in [0.2, 0.25) is 5.02 Å². The van der Waals surface area contributed by atoms with Crippen LogP contribution in [-0.2, 0) is 4.74 Å². The molecule has 0 saturated carbocycles. The molecule has 1 saturated heterocycles. The molecule has 1 aromatic carbocycles. The van der Waals surface area contributed by atoms with E-state index in [1.54, 1.807) is 0 Å². The molecule has 0 radical (unpaired) electrons. The molecular formula is C18H28ClIN4O. The minimum absolute atomic E-state index is 0. The van der Waals surface area contributed by atoms with Crippen molar-refractivity contribution in [3.05, 3.63) is 47.5 Å². The normalized spacial score (nSPS) is 16.6. The van der Waals surface area contributed by atoms with Gasteiger partial charge in [-0.3, -0.25) is 9.89 Å². The van der Waals surface area contributed by atoms with E-state index in [1.165, 1.54) is 5.56 Å². The lowest BCUT2D eigenvalue weighted by molar-refractivity contribution is 0.0180. The number of hydrogen-bond acceptors (Lipinski definition) is 3. The molecule has 0 spiro atoms. The van der Waals surface area contributed by atoms with Gasteiger partial charge in [0.15, 0.2) is 5.96 Å². The number of aliphatic imine (C=N–C) groups is 1. The first-order valence-electron chi connectivity index (χ1n) is 8.45.